The second-order valence-corrected chi connectivity index (χ2v) is 5.89. The van der Waals surface area contributed by atoms with Crippen molar-refractivity contribution in [1.29, 1.82) is 0 Å². The highest BCUT2D eigenvalue weighted by Crippen LogP contribution is 2.15. The Morgan fingerprint density at radius 3 is 1.39 bits per heavy atom. The standard InChI is InChI=1S/C16H22N8O4/c1-9(21-23-15(17)27)7-13(25)19-11-3-5-12(6-4-11)20-14(26)8-10(2)22-24-16(18)28/h3-6,9-10H,7-8H2,1-2H3,(H2,17,27)(H2,18,28)(H,19,25)(H,20,26)/t9-,10+. The van der Waals surface area contributed by atoms with Gasteiger partial charge in [-0.05, 0) is 38.1 Å². The minimum atomic E-state index is -0.921. The van der Waals surface area contributed by atoms with Gasteiger partial charge in [0.15, 0.2) is 0 Å². The maximum absolute atomic E-state index is 11.9. The summed E-state index contributed by atoms with van der Waals surface area (Å²) in [5, 5.41) is 18.9. The van der Waals surface area contributed by atoms with E-state index < -0.39 is 24.1 Å². The van der Waals surface area contributed by atoms with Crippen molar-refractivity contribution >= 4 is 35.3 Å². The summed E-state index contributed by atoms with van der Waals surface area (Å²) < 4.78 is 0. The van der Waals surface area contributed by atoms with Crippen molar-refractivity contribution in [3.63, 3.8) is 0 Å². The SMILES string of the molecule is C[C@H](CC(=O)Nc1ccc(NC(=O)C[C@H](C)N=NC(N)=O)cc1)N=NC(N)=O. The Hall–Kier alpha value is -3.70. The fraction of sp³-hybridized carbons (Fsp3) is 0.375. The number of nitrogens with zero attached hydrogens (tertiary/aromatic N) is 4. The smallest absolute Gasteiger partial charge is 0.348 e. The van der Waals surface area contributed by atoms with E-state index in [0.29, 0.717) is 11.4 Å². The minimum Gasteiger partial charge on any atom is -0.348 e. The van der Waals surface area contributed by atoms with Gasteiger partial charge in [0.25, 0.3) is 0 Å². The van der Waals surface area contributed by atoms with E-state index in [1.807, 2.05) is 0 Å². The highest BCUT2D eigenvalue weighted by molar-refractivity contribution is 5.93. The number of rotatable bonds is 8. The molecule has 12 heteroatoms. The molecule has 0 aromatic heterocycles. The van der Waals surface area contributed by atoms with Gasteiger partial charge in [-0.25, -0.2) is 9.59 Å². The summed E-state index contributed by atoms with van der Waals surface area (Å²) >= 11 is 0. The second kappa shape index (κ2) is 11.1. The van der Waals surface area contributed by atoms with Crippen LogP contribution >= 0.6 is 0 Å². The maximum Gasteiger partial charge on any atom is 0.356 e. The molecule has 28 heavy (non-hydrogen) atoms. The van der Waals surface area contributed by atoms with Gasteiger partial charge < -0.3 is 22.1 Å². The van der Waals surface area contributed by atoms with Crippen LogP contribution in [0.4, 0.5) is 21.0 Å². The summed E-state index contributed by atoms with van der Waals surface area (Å²) in [5.41, 5.74) is 10.7. The number of urea groups is 2. The molecule has 0 spiro atoms. The van der Waals surface area contributed by atoms with Crippen molar-refractivity contribution in [3.05, 3.63) is 24.3 Å². The zero-order chi connectivity index (χ0) is 21.1. The molecule has 0 unspecified atom stereocenters. The summed E-state index contributed by atoms with van der Waals surface area (Å²) in [6, 6.07) is 3.60. The molecule has 6 N–H and O–H groups in total. The quantitative estimate of drug-likeness (QED) is 0.494. The Morgan fingerprint density at radius 2 is 1.11 bits per heavy atom. The second-order valence-electron chi connectivity index (χ2n) is 5.89. The lowest BCUT2D eigenvalue weighted by molar-refractivity contribution is -0.117. The number of nitrogens with two attached hydrogens (primary N) is 2. The molecular formula is C16H22N8O4. The van der Waals surface area contributed by atoms with E-state index >= 15 is 0 Å². The highest BCUT2D eigenvalue weighted by atomic mass is 16.2. The molecule has 2 atom stereocenters. The first-order valence-electron chi connectivity index (χ1n) is 8.26. The summed E-state index contributed by atoms with van der Waals surface area (Å²) in [4.78, 5) is 44.8. The van der Waals surface area contributed by atoms with Gasteiger partial charge in [0, 0.05) is 11.4 Å². The zero-order valence-electron chi connectivity index (χ0n) is 15.5. The predicted octanol–water partition coefficient (Wildman–Crippen LogP) is 2.18. The summed E-state index contributed by atoms with van der Waals surface area (Å²) in [5.74, 6) is -0.636. The van der Waals surface area contributed by atoms with Crippen LogP contribution < -0.4 is 22.1 Å². The molecule has 0 fully saturated rings. The lowest BCUT2D eigenvalue weighted by atomic mass is 10.2. The van der Waals surface area contributed by atoms with Crippen molar-refractivity contribution in [1.82, 2.24) is 0 Å². The highest BCUT2D eigenvalue weighted by Gasteiger charge is 2.11. The van der Waals surface area contributed by atoms with Crippen LogP contribution in [0, 0.1) is 0 Å². The van der Waals surface area contributed by atoms with Crippen LogP contribution in [-0.4, -0.2) is 36.0 Å². The number of nitrogens with one attached hydrogen (secondary N) is 2. The number of amides is 6. The van der Waals surface area contributed by atoms with Gasteiger partial charge in [-0.2, -0.15) is 10.2 Å². The van der Waals surface area contributed by atoms with Crippen molar-refractivity contribution in [3.8, 4) is 0 Å². The zero-order valence-corrected chi connectivity index (χ0v) is 15.5. The van der Waals surface area contributed by atoms with Gasteiger partial charge in [-0.15, -0.1) is 0 Å². The number of benzene rings is 1. The molecule has 0 saturated carbocycles. The molecule has 0 aliphatic heterocycles. The van der Waals surface area contributed by atoms with Gasteiger partial charge in [0.05, 0.1) is 24.9 Å². The van der Waals surface area contributed by atoms with Gasteiger partial charge in [-0.1, -0.05) is 10.2 Å². The van der Waals surface area contributed by atoms with Gasteiger partial charge in [0.1, 0.15) is 0 Å². The van der Waals surface area contributed by atoms with E-state index in [0.717, 1.165) is 0 Å². The summed E-state index contributed by atoms with van der Waals surface area (Å²) in [6.45, 7) is 3.24. The van der Waals surface area contributed by atoms with Crippen LogP contribution in [0.2, 0.25) is 0 Å². The minimum absolute atomic E-state index is 0.0208. The molecule has 12 nitrogen and oxygen atoms in total. The molecule has 0 radical (unpaired) electrons. The third-order valence-electron chi connectivity index (χ3n) is 3.12. The molecule has 0 aliphatic carbocycles. The first-order chi connectivity index (χ1) is 13.2. The maximum atomic E-state index is 11.9. The average molecular weight is 390 g/mol. The first kappa shape index (κ1) is 22.3. The van der Waals surface area contributed by atoms with Crippen LogP contribution in [0.25, 0.3) is 0 Å². The molecule has 6 amide bonds. The lowest BCUT2D eigenvalue weighted by Crippen LogP contribution is -2.18. The fourth-order valence-corrected chi connectivity index (χ4v) is 1.99. The summed E-state index contributed by atoms with van der Waals surface area (Å²) in [7, 11) is 0. The van der Waals surface area contributed by atoms with Gasteiger partial charge in [0.2, 0.25) is 11.8 Å². The number of primary amides is 2. The molecular weight excluding hydrogens is 368 g/mol. The number of azo groups is 2. The number of hydrogen-bond acceptors (Lipinski definition) is 6. The van der Waals surface area contributed by atoms with Crippen molar-refractivity contribution in [2.24, 2.45) is 31.9 Å². The number of hydrogen-bond donors (Lipinski definition) is 4. The van der Waals surface area contributed by atoms with Crippen molar-refractivity contribution in [2.45, 2.75) is 38.8 Å². The molecule has 1 aromatic rings. The number of anilines is 2. The van der Waals surface area contributed by atoms with Crippen LogP contribution in [0.15, 0.2) is 44.7 Å². The molecule has 0 heterocycles. The molecule has 1 aromatic carbocycles. The van der Waals surface area contributed by atoms with E-state index in [1.54, 1.807) is 38.1 Å². The lowest BCUT2D eigenvalue weighted by Gasteiger charge is -2.09. The van der Waals surface area contributed by atoms with Crippen LogP contribution in [-0.2, 0) is 9.59 Å². The van der Waals surface area contributed by atoms with Crippen LogP contribution in [0.5, 0.6) is 0 Å². The molecule has 0 bridgehead atoms. The van der Waals surface area contributed by atoms with Crippen LogP contribution in [0.3, 0.4) is 0 Å². The predicted molar refractivity (Wildman–Crippen MR) is 101 cm³/mol. The average Bonchev–Trinajstić information content (AvgIpc) is 2.59. The van der Waals surface area contributed by atoms with Crippen molar-refractivity contribution in [2.75, 3.05) is 10.6 Å². The fourth-order valence-electron chi connectivity index (χ4n) is 1.99. The third kappa shape index (κ3) is 9.70. The van der Waals surface area contributed by atoms with Crippen molar-refractivity contribution < 1.29 is 19.2 Å². The van der Waals surface area contributed by atoms with E-state index in [-0.39, 0.29) is 24.7 Å². The Morgan fingerprint density at radius 1 is 0.786 bits per heavy atom. The van der Waals surface area contributed by atoms with Gasteiger partial charge in [-0.3, -0.25) is 9.59 Å². The first-order valence-corrected chi connectivity index (χ1v) is 8.26. The Labute approximate surface area is 160 Å². The van der Waals surface area contributed by atoms with E-state index in [4.69, 9.17) is 11.5 Å². The molecule has 0 aliphatic rings. The third-order valence-corrected chi connectivity index (χ3v) is 3.12. The number of carbonyl (C=O) groups excluding carboxylic acids is 4. The van der Waals surface area contributed by atoms with E-state index in [9.17, 15) is 19.2 Å². The van der Waals surface area contributed by atoms with E-state index in [1.165, 1.54) is 0 Å². The Balaban J connectivity index is 2.50. The molecule has 0 saturated heterocycles. The summed E-state index contributed by atoms with van der Waals surface area (Å²) in [6.07, 6.45) is 0.0417. The molecule has 150 valence electrons. The molecule has 1 rings (SSSR count). The topological polar surface area (TPSA) is 194 Å². The van der Waals surface area contributed by atoms with Gasteiger partial charge >= 0.3 is 12.1 Å². The van der Waals surface area contributed by atoms with E-state index in [2.05, 4.69) is 31.1 Å². The monoisotopic (exact) mass is 390 g/mol. The number of carbonyl (C=O) groups is 4. The Kier molecular flexibility index (Phi) is 8.86. The largest absolute Gasteiger partial charge is 0.356 e. The normalized spacial score (nSPS) is 13.2. The Bertz CT molecular complexity index is 710. The van der Waals surface area contributed by atoms with Crippen LogP contribution in [0.1, 0.15) is 26.7 Å².